The maximum absolute atomic E-state index is 14.1. The van der Waals surface area contributed by atoms with E-state index in [0.29, 0.717) is 30.6 Å². The summed E-state index contributed by atoms with van der Waals surface area (Å²) in [6, 6.07) is 3.01. The predicted octanol–water partition coefficient (Wildman–Crippen LogP) is 3.77. The van der Waals surface area contributed by atoms with Gasteiger partial charge in [-0.3, -0.25) is 4.79 Å². The van der Waals surface area contributed by atoms with Crippen LogP contribution in [0.4, 0.5) is 8.78 Å². The highest BCUT2D eigenvalue weighted by Gasteiger charge is 2.44. The van der Waals surface area contributed by atoms with Gasteiger partial charge in [-0.2, -0.15) is 4.98 Å². The van der Waals surface area contributed by atoms with Gasteiger partial charge in [0.25, 0.3) is 5.91 Å². The van der Waals surface area contributed by atoms with Gasteiger partial charge in [-0.15, -0.1) is 0 Å². The summed E-state index contributed by atoms with van der Waals surface area (Å²) in [5, 5.41) is 4.10. The average molecular weight is 347 g/mol. The van der Waals surface area contributed by atoms with Crippen LogP contribution in [0, 0.1) is 11.6 Å². The van der Waals surface area contributed by atoms with Crippen LogP contribution in [-0.2, 0) is 5.54 Å². The van der Waals surface area contributed by atoms with E-state index in [1.165, 1.54) is 6.07 Å². The third kappa shape index (κ3) is 2.81. The van der Waals surface area contributed by atoms with E-state index in [4.69, 9.17) is 4.52 Å². The summed E-state index contributed by atoms with van der Waals surface area (Å²) in [6.45, 7) is 2.35. The van der Waals surface area contributed by atoms with Gasteiger partial charge in [-0.1, -0.05) is 5.16 Å². The van der Waals surface area contributed by atoms with Gasteiger partial charge in [0.1, 0.15) is 17.2 Å². The van der Waals surface area contributed by atoms with Crippen molar-refractivity contribution >= 4 is 5.91 Å². The zero-order chi connectivity index (χ0) is 17.6. The molecule has 25 heavy (non-hydrogen) atoms. The minimum absolute atomic E-state index is 0.138. The minimum Gasteiger partial charge on any atom is -0.339 e. The molecule has 1 aliphatic heterocycles. The van der Waals surface area contributed by atoms with E-state index in [1.807, 2.05) is 6.92 Å². The summed E-state index contributed by atoms with van der Waals surface area (Å²) in [5.41, 5.74) is -0.896. The fraction of sp³-hybridized carbons (Fsp3) is 0.500. The highest BCUT2D eigenvalue weighted by Crippen LogP contribution is 2.42. The Bertz CT molecular complexity index is 818. The summed E-state index contributed by atoms with van der Waals surface area (Å²) in [5.74, 6) is -0.635. The number of aromatic nitrogens is 2. The van der Waals surface area contributed by atoms with Crippen LogP contribution >= 0.6 is 0 Å². The number of likely N-dealkylation sites (tertiary alicyclic amines) is 1. The summed E-state index contributed by atoms with van der Waals surface area (Å²) in [7, 11) is 0. The molecule has 1 aromatic heterocycles. The Labute approximate surface area is 144 Å². The molecule has 0 N–H and O–H groups in total. The monoisotopic (exact) mass is 347 g/mol. The lowest BCUT2D eigenvalue weighted by Crippen LogP contribution is -2.51. The summed E-state index contributed by atoms with van der Waals surface area (Å²) < 4.78 is 32.6. The molecule has 4 rings (SSSR count). The van der Waals surface area contributed by atoms with Crippen LogP contribution in [0.1, 0.15) is 67.0 Å². The van der Waals surface area contributed by atoms with Crippen molar-refractivity contribution in [1.29, 1.82) is 0 Å². The van der Waals surface area contributed by atoms with Crippen LogP contribution < -0.4 is 0 Å². The Morgan fingerprint density at radius 1 is 1.32 bits per heavy atom. The molecule has 2 aromatic rings. The van der Waals surface area contributed by atoms with Crippen LogP contribution in [0.25, 0.3) is 0 Å². The molecule has 1 saturated carbocycles. The van der Waals surface area contributed by atoms with Gasteiger partial charge in [0.05, 0.1) is 5.56 Å². The number of benzene rings is 1. The second-order valence-corrected chi connectivity index (χ2v) is 7.04. The fourth-order valence-electron chi connectivity index (χ4n) is 3.44. The van der Waals surface area contributed by atoms with Crippen LogP contribution in [-0.4, -0.2) is 27.5 Å². The molecular weight excluding hydrogens is 328 g/mol. The van der Waals surface area contributed by atoms with Crippen molar-refractivity contribution in [1.82, 2.24) is 15.0 Å². The van der Waals surface area contributed by atoms with E-state index in [-0.39, 0.29) is 5.56 Å². The van der Waals surface area contributed by atoms with Gasteiger partial charge in [-0.05, 0) is 51.2 Å². The number of rotatable bonds is 3. The Balaban J connectivity index is 1.68. The van der Waals surface area contributed by atoms with Crippen molar-refractivity contribution < 1.29 is 18.1 Å². The number of piperidine rings is 1. The second kappa shape index (κ2) is 5.89. The number of carbonyl (C=O) groups is 1. The van der Waals surface area contributed by atoms with Crippen molar-refractivity contribution in [3.8, 4) is 0 Å². The maximum atomic E-state index is 14.1. The highest BCUT2D eigenvalue weighted by atomic mass is 19.1. The Morgan fingerprint density at radius 3 is 2.84 bits per heavy atom. The summed E-state index contributed by atoms with van der Waals surface area (Å²) >= 11 is 0. The molecule has 132 valence electrons. The van der Waals surface area contributed by atoms with Crippen molar-refractivity contribution in [2.45, 2.75) is 50.5 Å². The average Bonchev–Trinajstić information content (AvgIpc) is 3.31. The Morgan fingerprint density at radius 2 is 2.12 bits per heavy atom. The number of nitrogens with zero attached hydrogens (tertiary/aromatic N) is 3. The first-order valence-electron chi connectivity index (χ1n) is 8.60. The zero-order valence-corrected chi connectivity index (χ0v) is 14.0. The summed E-state index contributed by atoms with van der Waals surface area (Å²) in [6.07, 6.45) is 4.49. The molecule has 1 unspecified atom stereocenters. The first-order valence-corrected chi connectivity index (χ1v) is 8.60. The lowest BCUT2D eigenvalue weighted by atomic mass is 9.87. The van der Waals surface area contributed by atoms with Gasteiger partial charge >= 0.3 is 0 Å². The van der Waals surface area contributed by atoms with Crippen molar-refractivity contribution in [2.24, 2.45) is 0 Å². The maximum Gasteiger partial charge on any atom is 0.257 e. The van der Waals surface area contributed by atoms with Crippen LogP contribution in [0.5, 0.6) is 0 Å². The van der Waals surface area contributed by atoms with Gasteiger partial charge in [0, 0.05) is 18.5 Å². The number of hydrogen-bond acceptors (Lipinski definition) is 4. The molecule has 2 aliphatic rings. The number of halogens is 2. The Hall–Kier alpha value is -2.31. The number of amides is 1. The molecule has 2 fully saturated rings. The molecular formula is C18H19F2N3O2. The lowest BCUT2D eigenvalue weighted by Gasteiger charge is -2.42. The van der Waals surface area contributed by atoms with E-state index < -0.39 is 23.1 Å². The molecule has 0 radical (unpaired) electrons. The fourth-order valence-corrected chi connectivity index (χ4v) is 3.44. The van der Waals surface area contributed by atoms with Crippen LogP contribution in [0.3, 0.4) is 0 Å². The molecule has 7 heteroatoms. The molecule has 1 amide bonds. The molecule has 2 heterocycles. The standard InChI is InChI=1S/C18H19F2N3O2/c1-18(17-21-15(25-22-17)11-4-5-11)8-2-3-9-23(18)16(24)13-7-6-12(19)10-14(13)20/h6-7,10-11H,2-5,8-9H2,1H3. The second-order valence-electron chi connectivity index (χ2n) is 7.04. The normalized spacial score (nSPS) is 23.7. The van der Waals surface area contributed by atoms with E-state index in [0.717, 1.165) is 37.8 Å². The molecule has 5 nitrogen and oxygen atoms in total. The van der Waals surface area contributed by atoms with Gasteiger partial charge in [-0.25, -0.2) is 8.78 Å². The van der Waals surface area contributed by atoms with Crippen molar-refractivity contribution in [3.63, 3.8) is 0 Å². The highest BCUT2D eigenvalue weighted by molar-refractivity contribution is 5.95. The third-order valence-electron chi connectivity index (χ3n) is 5.15. The van der Waals surface area contributed by atoms with Gasteiger partial charge < -0.3 is 9.42 Å². The molecule has 1 aromatic carbocycles. The van der Waals surface area contributed by atoms with Gasteiger partial charge in [0.15, 0.2) is 5.82 Å². The molecule has 1 saturated heterocycles. The zero-order valence-electron chi connectivity index (χ0n) is 14.0. The van der Waals surface area contributed by atoms with Gasteiger partial charge in [0.2, 0.25) is 5.89 Å². The summed E-state index contributed by atoms with van der Waals surface area (Å²) in [4.78, 5) is 19.0. The van der Waals surface area contributed by atoms with Crippen LogP contribution in [0.2, 0.25) is 0 Å². The smallest absolute Gasteiger partial charge is 0.257 e. The topological polar surface area (TPSA) is 59.2 Å². The largest absolute Gasteiger partial charge is 0.339 e. The first-order chi connectivity index (χ1) is 12.0. The lowest BCUT2D eigenvalue weighted by molar-refractivity contribution is 0.0320. The SMILES string of the molecule is CC1(c2noc(C3CC3)n2)CCCCN1C(=O)c1ccc(F)cc1F. The van der Waals surface area contributed by atoms with Crippen molar-refractivity contribution in [3.05, 3.63) is 47.1 Å². The molecule has 0 bridgehead atoms. The van der Waals surface area contributed by atoms with E-state index in [9.17, 15) is 13.6 Å². The predicted molar refractivity (Wildman–Crippen MR) is 84.9 cm³/mol. The van der Waals surface area contributed by atoms with E-state index >= 15 is 0 Å². The molecule has 0 spiro atoms. The Kier molecular flexibility index (Phi) is 3.81. The first kappa shape index (κ1) is 16.2. The number of carbonyl (C=O) groups excluding carboxylic acids is 1. The van der Waals surface area contributed by atoms with Crippen molar-refractivity contribution in [2.75, 3.05) is 6.54 Å². The molecule has 1 aliphatic carbocycles. The van der Waals surface area contributed by atoms with Crippen LogP contribution in [0.15, 0.2) is 22.7 Å². The third-order valence-corrected chi connectivity index (χ3v) is 5.15. The minimum atomic E-state index is -0.857. The number of hydrogen-bond donors (Lipinski definition) is 0. The van der Waals surface area contributed by atoms with E-state index in [2.05, 4.69) is 10.1 Å². The van der Waals surface area contributed by atoms with E-state index in [1.54, 1.807) is 4.90 Å². The quantitative estimate of drug-likeness (QED) is 0.848. The molecule has 1 atom stereocenters.